The number of hydrogen-bond acceptors (Lipinski definition) is 3. The van der Waals surface area contributed by atoms with Crippen LogP contribution in [-0.2, 0) is 4.79 Å². The summed E-state index contributed by atoms with van der Waals surface area (Å²) in [4.78, 5) is 18.1. The third-order valence-electron chi connectivity index (χ3n) is 0.328. The molecule has 0 atom stereocenters. The van der Waals surface area contributed by atoms with Gasteiger partial charge in [0.15, 0.2) is 0 Å². The zero-order valence-corrected chi connectivity index (χ0v) is 5.37. The van der Waals surface area contributed by atoms with Gasteiger partial charge in [-0.2, -0.15) is 0 Å². The molecular formula is C4H9NO5. The van der Waals surface area contributed by atoms with Gasteiger partial charge >= 0.3 is 12.1 Å². The van der Waals surface area contributed by atoms with Crippen LogP contribution >= 0.6 is 0 Å². The lowest BCUT2D eigenvalue weighted by molar-refractivity contribution is -0.135. The minimum atomic E-state index is -1.83. The molecule has 0 aromatic rings. The van der Waals surface area contributed by atoms with E-state index in [4.69, 9.17) is 20.1 Å². The van der Waals surface area contributed by atoms with E-state index in [-0.39, 0.29) is 6.54 Å². The van der Waals surface area contributed by atoms with Crippen molar-refractivity contribution < 1.29 is 24.9 Å². The van der Waals surface area contributed by atoms with E-state index in [9.17, 15) is 4.79 Å². The van der Waals surface area contributed by atoms with Crippen molar-refractivity contribution in [1.82, 2.24) is 5.32 Å². The highest BCUT2D eigenvalue weighted by atomic mass is 16.6. The summed E-state index contributed by atoms with van der Waals surface area (Å²) in [7, 11) is 1.59. The fourth-order valence-electron chi connectivity index (χ4n) is 0.151. The molecule has 0 aliphatic rings. The molecule has 0 amide bonds. The van der Waals surface area contributed by atoms with Crippen molar-refractivity contribution >= 4 is 12.1 Å². The van der Waals surface area contributed by atoms with Crippen molar-refractivity contribution in [2.45, 2.75) is 0 Å². The fourth-order valence-corrected chi connectivity index (χ4v) is 0.151. The lowest BCUT2D eigenvalue weighted by Gasteiger charge is -1.84. The first kappa shape index (κ1) is 11.5. The largest absolute Gasteiger partial charge is 0.503 e. The van der Waals surface area contributed by atoms with Crippen LogP contribution in [0.15, 0.2) is 0 Å². The Hall–Kier alpha value is -1.30. The lowest BCUT2D eigenvalue weighted by atomic mass is 10.7. The molecule has 0 heterocycles. The van der Waals surface area contributed by atoms with Gasteiger partial charge in [-0.3, -0.25) is 4.79 Å². The Labute approximate surface area is 57.1 Å². The van der Waals surface area contributed by atoms with E-state index in [1.54, 1.807) is 7.05 Å². The molecule has 0 rings (SSSR count). The van der Waals surface area contributed by atoms with E-state index in [0.717, 1.165) is 0 Å². The maximum absolute atomic E-state index is 9.54. The normalized spacial score (nSPS) is 7.30. The van der Waals surface area contributed by atoms with Crippen LogP contribution in [0.3, 0.4) is 0 Å². The van der Waals surface area contributed by atoms with Crippen LogP contribution in [0.2, 0.25) is 0 Å². The SMILES string of the molecule is CNCC(=O)O.O=C(O)O. The number of carbonyl (C=O) groups is 2. The Balaban J connectivity index is 0. The first-order valence-electron chi connectivity index (χ1n) is 2.29. The van der Waals surface area contributed by atoms with Crippen molar-refractivity contribution in [3.05, 3.63) is 0 Å². The van der Waals surface area contributed by atoms with Gasteiger partial charge in [-0.1, -0.05) is 0 Å². The second-order valence-electron chi connectivity index (χ2n) is 1.21. The average molecular weight is 151 g/mol. The van der Waals surface area contributed by atoms with E-state index in [2.05, 4.69) is 5.32 Å². The molecule has 0 aromatic heterocycles. The number of aliphatic carboxylic acids is 1. The molecule has 6 nitrogen and oxygen atoms in total. The number of nitrogens with one attached hydrogen (secondary N) is 1. The van der Waals surface area contributed by atoms with Crippen LogP contribution in [0.5, 0.6) is 0 Å². The van der Waals surface area contributed by atoms with Crippen molar-refractivity contribution in [2.75, 3.05) is 13.6 Å². The third kappa shape index (κ3) is 75.3. The molecule has 4 N–H and O–H groups in total. The van der Waals surface area contributed by atoms with E-state index < -0.39 is 12.1 Å². The lowest BCUT2D eigenvalue weighted by Crippen LogP contribution is -2.16. The number of carboxylic acids is 1. The number of likely N-dealkylation sites (N-methyl/N-ethyl adjacent to an activating group) is 1. The maximum atomic E-state index is 9.54. The zero-order valence-electron chi connectivity index (χ0n) is 5.37. The second-order valence-corrected chi connectivity index (χ2v) is 1.21. The Morgan fingerprint density at radius 3 is 1.60 bits per heavy atom. The molecule has 0 spiro atoms. The quantitative estimate of drug-likeness (QED) is 0.424. The molecular weight excluding hydrogens is 142 g/mol. The summed E-state index contributed by atoms with van der Waals surface area (Å²) >= 11 is 0. The monoisotopic (exact) mass is 151 g/mol. The van der Waals surface area contributed by atoms with Crippen LogP contribution in [0, 0.1) is 0 Å². The van der Waals surface area contributed by atoms with Gasteiger partial charge in [0, 0.05) is 0 Å². The molecule has 0 saturated heterocycles. The van der Waals surface area contributed by atoms with Crippen molar-refractivity contribution in [1.29, 1.82) is 0 Å². The number of hydrogen-bond donors (Lipinski definition) is 4. The van der Waals surface area contributed by atoms with Gasteiger partial charge < -0.3 is 20.6 Å². The third-order valence-corrected chi connectivity index (χ3v) is 0.328. The van der Waals surface area contributed by atoms with Crippen LogP contribution in [0.25, 0.3) is 0 Å². The topological polar surface area (TPSA) is 107 Å². The standard InChI is InChI=1S/C3H7NO2.CH2O3/c1-4-2-3(5)6;2-1(3)4/h4H,2H2,1H3,(H,5,6);(H2,2,3,4). The van der Waals surface area contributed by atoms with Crippen molar-refractivity contribution in [3.63, 3.8) is 0 Å². The molecule has 6 heteroatoms. The van der Waals surface area contributed by atoms with Gasteiger partial charge in [0.05, 0.1) is 6.54 Å². The van der Waals surface area contributed by atoms with E-state index in [1.165, 1.54) is 0 Å². The summed E-state index contributed by atoms with van der Waals surface area (Å²) < 4.78 is 0. The van der Waals surface area contributed by atoms with Crippen molar-refractivity contribution in [3.8, 4) is 0 Å². The van der Waals surface area contributed by atoms with Gasteiger partial charge in [-0.15, -0.1) is 0 Å². The Morgan fingerprint density at radius 1 is 1.30 bits per heavy atom. The summed E-state index contributed by atoms with van der Waals surface area (Å²) in [6.07, 6.45) is -1.83. The van der Waals surface area contributed by atoms with Crippen LogP contribution in [0.4, 0.5) is 4.79 Å². The highest BCUT2D eigenvalue weighted by Gasteiger charge is 1.86. The smallest absolute Gasteiger partial charge is 0.480 e. The number of carboxylic acid groups (broad SMARTS) is 3. The first-order chi connectivity index (χ1) is 4.50. The minimum Gasteiger partial charge on any atom is -0.480 e. The highest BCUT2D eigenvalue weighted by molar-refractivity contribution is 5.68. The van der Waals surface area contributed by atoms with E-state index >= 15 is 0 Å². The predicted molar refractivity (Wildman–Crippen MR) is 32.2 cm³/mol. The minimum absolute atomic E-state index is 0.0417. The molecule has 0 aliphatic carbocycles. The van der Waals surface area contributed by atoms with Crippen LogP contribution in [0.1, 0.15) is 0 Å². The van der Waals surface area contributed by atoms with Gasteiger partial charge in [-0.05, 0) is 7.05 Å². The molecule has 60 valence electrons. The number of rotatable bonds is 2. The summed E-state index contributed by atoms with van der Waals surface area (Å²) in [5, 5.41) is 24.3. The summed E-state index contributed by atoms with van der Waals surface area (Å²) in [6.45, 7) is 0.0417. The summed E-state index contributed by atoms with van der Waals surface area (Å²) in [5.41, 5.74) is 0. The van der Waals surface area contributed by atoms with E-state index in [0.29, 0.717) is 0 Å². The zero-order chi connectivity index (χ0) is 8.57. The molecule has 10 heavy (non-hydrogen) atoms. The van der Waals surface area contributed by atoms with Crippen molar-refractivity contribution in [2.24, 2.45) is 0 Å². The van der Waals surface area contributed by atoms with Crippen LogP contribution in [-0.4, -0.2) is 41.0 Å². The Morgan fingerprint density at radius 2 is 1.60 bits per heavy atom. The van der Waals surface area contributed by atoms with Gasteiger partial charge in [0.2, 0.25) is 0 Å². The van der Waals surface area contributed by atoms with Gasteiger partial charge in [-0.25, -0.2) is 4.79 Å². The molecule has 0 radical (unpaired) electrons. The Kier molecular flexibility index (Phi) is 8.85. The molecule has 0 aromatic carbocycles. The summed E-state index contributed by atoms with van der Waals surface area (Å²) in [6, 6.07) is 0. The van der Waals surface area contributed by atoms with Crippen LogP contribution < -0.4 is 5.32 Å². The maximum Gasteiger partial charge on any atom is 0.503 e. The molecule has 0 saturated carbocycles. The second kappa shape index (κ2) is 7.70. The molecule has 0 bridgehead atoms. The van der Waals surface area contributed by atoms with Gasteiger partial charge in [0.25, 0.3) is 0 Å². The van der Waals surface area contributed by atoms with E-state index in [1.807, 2.05) is 0 Å². The van der Waals surface area contributed by atoms with Gasteiger partial charge in [0.1, 0.15) is 0 Å². The fraction of sp³-hybridized carbons (Fsp3) is 0.500. The summed E-state index contributed by atoms with van der Waals surface area (Å²) in [5.74, 6) is -0.822. The predicted octanol–water partition coefficient (Wildman–Crippen LogP) is -0.487. The first-order valence-corrected chi connectivity index (χ1v) is 2.29. The average Bonchev–Trinajstić information content (AvgIpc) is 1.62. The molecule has 0 aliphatic heterocycles. The Bertz CT molecular complexity index is 108. The molecule has 0 fully saturated rings. The molecule has 0 unspecified atom stereocenters. The highest BCUT2D eigenvalue weighted by Crippen LogP contribution is 1.50.